The summed E-state index contributed by atoms with van der Waals surface area (Å²) in [6.45, 7) is 6.13. The highest BCUT2D eigenvalue weighted by Gasteiger charge is 2.25. The van der Waals surface area contributed by atoms with E-state index in [1.807, 2.05) is 41.9 Å². The fourth-order valence-corrected chi connectivity index (χ4v) is 3.08. The molecule has 0 unspecified atom stereocenters. The van der Waals surface area contributed by atoms with Gasteiger partial charge in [-0.3, -0.25) is 19.4 Å². The lowest BCUT2D eigenvalue weighted by Gasteiger charge is -2.32. The third-order valence-corrected chi connectivity index (χ3v) is 4.29. The van der Waals surface area contributed by atoms with Crippen molar-refractivity contribution in [2.24, 2.45) is 0 Å². The highest BCUT2D eigenvalue weighted by Crippen LogP contribution is 2.25. The summed E-state index contributed by atoms with van der Waals surface area (Å²) in [5.41, 5.74) is 2.92. The summed E-state index contributed by atoms with van der Waals surface area (Å²) in [4.78, 5) is 23.2. The fourth-order valence-electron chi connectivity index (χ4n) is 3.08. The molecule has 1 aliphatic rings. The number of aromatic nitrogens is 4. The van der Waals surface area contributed by atoms with Gasteiger partial charge in [-0.05, 0) is 32.8 Å². The summed E-state index contributed by atoms with van der Waals surface area (Å²) < 4.78 is 1.83. The average molecular weight is 313 g/mol. The van der Waals surface area contributed by atoms with Gasteiger partial charge in [0.25, 0.3) is 0 Å². The van der Waals surface area contributed by atoms with Gasteiger partial charge in [-0.15, -0.1) is 0 Å². The summed E-state index contributed by atoms with van der Waals surface area (Å²) in [5, 5.41) is 4.33. The van der Waals surface area contributed by atoms with Gasteiger partial charge in [0.15, 0.2) is 0 Å². The maximum absolute atomic E-state index is 12.5. The number of likely N-dealkylation sites (tertiary alicyclic amines) is 1. The van der Waals surface area contributed by atoms with Gasteiger partial charge >= 0.3 is 0 Å². The van der Waals surface area contributed by atoms with Crippen molar-refractivity contribution in [2.75, 3.05) is 13.1 Å². The highest BCUT2D eigenvalue weighted by molar-refractivity contribution is 5.76. The molecule has 23 heavy (non-hydrogen) atoms. The van der Waals surface area contributed by atoms with E-state index in [9.17, 15) is 4.79 Å². The van der Waals surface area contributed by atoms with Gasteiger partial charge in [0, 0.05) is 50.6 Å². The first-order valence-electron chi connectivity index (χ1n) is 8.18. The Bertz CT molecular complexity index is 681. The van der Waals surface area contributed by atoms with E-state index in [-0.39, 0.29) is 5.91 Å². The largest absolute Gasteiger partial charge is 0.342 e. The number of nitrogens with zero attached hydrogens (tertiary/aromatic N) is 5. The summed E-state index contributed by atoms with van der Waals surface area (Å²) in [7, 11) is 0. The van der Waals surface area contributed by atoms with Crippen LogP contribution < -0.4 is 0 Å². The molecule has 1 amide bonds. The molecular formula is C17H23N5O. The molecule has 6 nitrogen and oxygen atoms in total. The number of piperidine rings is 1. The van der Waals surface area contributed by atoms with Crippen LogP contribution in [-0.2, 0) is 11.3 Å². The number of hydrogen-bond donors (Lipinski definition) is 0. The molecule has 3 rings (SSSR count). The van der Waals surface area contributed by atoms with Crippen LogP contribution in [0.2, 0.25) is 0 Å². The van der Waals surface area contributed by atoms with Crippen molar-refractivity contribution >= 4 is 5.91 Å². The lowest BCUT2D eigenvalue weighted by atomic mass is 9.94. The molecule has 2 aromatic rings. The first-order chi connectivity index (χ1) is 11.1. The summed E-state index contributed by atoms with van der Waals surface area (Å²) in [6.07, 6.45) is 8.10. The Morgan fingerprint density at radius 3 is 2.91 bits per heavy atom. The Kier molecular flexibility index (Phi) is 4.69. The van der Waals surface area contributed by atoms with Crippen LogP contribution in [0, 0.1) is 13.8 Å². The van der Waals surface area contributed by atoms with Crippen LogP contribution >= 0.6 is 0 Å². The molecule has 1 fully saturated rings. The lowest BCUT2D eigenvalue weighted by molar-refractivity contribution is -0.132. The summed E-state index contributed by atoms with van der Waals surface area (Å²) in [5.74, 6) is 0.496. The third kappa shape index (κ3) is 3.94. The molecule has 1 atom stereocenters. The quantitative estimate of drug-likeness (QED) is 0.867. The monoisotopic (exact) mass is 313 g/mol. The van der Waals surface area contributed by atoms with E-state index in [0.29, 0.717) is 18.9 Å². The van der Waals surface area contributed by atoms with Crippen LogP contribution in [0.1, 0.15) is 42.3 Å². The molecule has 0 aliphatic carbocycles. The Balaban J connectivity index is 1.58. The van der Waals surface area contributed by atoms with Crippen LogP contribution in [0.4, 0.5) is 0 Å². The second-order valence-electron chi connectivity index (χ2n) is 6.23. The van der Waals surface area contributed by atoms with Gasteiger partial charge in [-0.2, -0.15) is 5.10 Å². The SMILES string of the molecule is Cc1cncc([C@@H]2CCCN(C(=O)CCn3ccc(C)n3)C2)n1. The number of carbonyl (C=O) groups excluding carboxylic acids is 1. The van der Waals surface area contributed by atoms with E-state index in [1.165, 1.54) is 0 Å². The van der Waals surface area contributed by atoms with Crippen molar-refractivity contribution in [3.05, 3.63) is 41.7 Å². The first-order valence-corrected chi connectivity index (χ1v) is 8.18. The number of amides is 1. The van der Waals surface area contributed by atoms with Crippen molar-refractivity contribution in [1.82, 2.24) is 24.6 Å². The van der Waals surface area contributed by atoms with Crippen LogP contribution in [0.15, 0.2) is 24.7 Å². The van der Waals surface area contributed by atoms with E-state index in [0.717, 1.165) is 43.0 Å². The smallest absolute Gasteiger partial charge is 0.224 e. The molecule has 6 heteroatoms. The van der Waals surface area contributed by atoms with Gasteiger partial charge in [-0.1, -0.05) is 0 Å². The van der Waals surface area contributed by atoms with E-state index in [2.05, 4.69) is 15.1 Å². The van der Waals surface area contributed by atoms with Crippen LogP contribution in [0.5, 0.6) is 0 Å². The fraction of sp³-hybridized carbons (Fsp3) is 0.529. The molecule has 1 saturated heterocycles. The minimum absolute atomic E-state index is 0.198. The topological polar surface area (TPSA) is 63.9 Å². The second kappa shape index (κ2) is 6.89. The van der Waals surface area contributed by atoms with Gasteiger partial charge in [-0.25, -0.2) is 0 Å². The molecule has 0 aromatic carbocycles. The Hall–Kier alpha value is -2.24. The molecule has 0 N–H and O–H groups in total. The molecule has 0 spiro atoms. The average Bonchev–Trinajstić information content (AvgIpc) is 2.98. The predicted molar refractivity (Wildman–Crippen MR) is 86.9 cm³/mol. The highest BCUT2D eigenvalue weighted by atomic mass is 16.2. The van der Waals surface area contributed by atoms with Gasteiger partial charge < -0.3 is 4.90 Å². The normalized spacial score (nSPS) is 18.2. The molecule has 3 heterocycles. The maximum atomic E-state index is 12.5. The van der Waals surface area contributed by atoms with Gasteiger partial charge in [0.1, 0.15) is 0 Å². The first kappa shape index (κ1) is 15.6. The van der Waals surface area contributed by atoms with Crippen LogP contribution in [0.25, 0.3) is 0 Å². The summed E-state index contributed by atoms with van der Waals surface area (Å²) in [6, 6.07) is 1.96. The molecular weight excluding hydrogens is 290 g/mol. The lowest BCUT2D eigenvalue weighted by Crippen LogP contribution is -2.39. The van der Waals surface area contributed by atoms with Crippen molar-refractivity contribution in [1.29, 1.82) is 0 Å². The predicted octanol–water partition coefficient (Wildman–Crippen LogP) is 2.09. The Morgan fingerprint density at radius 2 is 2.17 bits per heavy atom. The third-order valence-electron chi connectivity index (χ3n) is 4.29. The van der Waals surface area contributed by atoms with Crippen LogP contribution in [0.3, 0.4) is 0 Å². The number of carbonyl (C=O) groups is 1. The van der Waals surface area contributed by atoms with E-state index < -0.39 is 0 Å². The zero-order valence-corrected chi connectivity index (χ0v) is 13.8. The van der Waals surface area contributed by atoms with E-state index >= 15 is 0 Å². The summed E-state index contributed by atoms with van der Waals surface area (Å²) >= 11 is 0. The molecule has 122 valence electrons. The van der Waals surface area contributed by atoms with Crippen LogP contribution in [-0.4, -0.2) is 43.6 Å². The molecule has 1 aliphatic heterocycles. The minimum Gasteiger partial charge on any atom is -0.342 e. The van der Waals surface area contributed by atoms with E-state index in [1.54, 1.807) is 6.20 Å². The van der Waals surface area contributed by atoms with E-state index in [4.69, 9.17) is 0 Å². The Morgan fingerprint density at radius 1 is 1.30 bits per heavy atom. The Labute approximate surface area is 136 Å². The molecule has 0 radical (unpaired) electrons. The van der Waals surface area contributed by atoms with Crippen molar-refractivity contribution < 1.29 is 4.79 Å². The minimum atomic E-state index is 0.198. The van der Waals surface area contributed by atoms with Gasteiger partial charge in [0.05, 0.1) is 17.1 Å². The van der Waals surface area contributed by atoms with Crippen molar-refractivity contribution in [3.8, 4) is 0 Å². The molecule has 0 saturated carbocycles. The van der Waals surface area contributed by atoms with Crippen molar-refractivity contribution in [2.45, 2.75) is 45.6 Å². The maximum Gasteiger partial charge on any atom is 0.224 e. The zero-order chi connectivity index (χ0) is 16.2. The standard InChI is InChI=1S/C17H23N5O/c1-13-5-8-22(20-13)9-6-17(23)21-7-3-4-15(12-21)16-11-18-10-14(2)19-16/h5,8,10-11,15H,3-4,6-7,9,12H2,1-2H3/t15-/m1/s1. The number of rotatable bonds is 4. The van der Waals surface area contributed by atoms with Crippen molar-refractivity contribution in [3.63, 3.8) is 0 Å². The second-order valence-corrected chi connectivity index (χ2v) is 6.23. The molecule has 2 aromatic heterocycles. The molecule has 0 bridgehead atoms. The zero-order valence-electron chi connectivity index (χ0n) is 13.8. The number of hydrogen-bond acceptors (Lipinski definition) is 4. The number of aryl methyl sites for hydroxylation is 3. The van der Waals surface area contributed by atoms with Gasteiger partial charge in [0.2, 0.25) is 5.91 Å².